The summed E-state index contributed by atoms with van der Waals surface area (Å²) in [5.74, 6) is 7.01. The van der Waals surface area contributed by atoms with Crippen LogP contribution >= 0.6 is 0 Å². The summed E-state index contributed by atoms with van der Waals surface area (Å²) in [4.78, 5) is 4.48. The minimum Gasteiger partial charge on any atom is -0.361 e. The molecular formula is C16H22N2. The van der Waals surface area contributed by atoms with Gasteiger partial charge in [0.1, 0.15) is 0 Å². The van der Waals surface area contributed by atoms with E-state index in [4.69, 9.17) is 0 Å². The van der Waals surface area contributed by atoms with Gasteiger partial charge in [-0.15, -0.1) is 0 Å². The Labute approximate surface area is 111 Å². The maximum atomic E-state index is 4.48. The Balaban J connectivity index is 2.87. The third-order valence-corrected chi connectivity index (χ3v) is 2.19. The van der Waals surface area contributed by atoms with Gasteiger partial charge in [-0.3, -0.25) is 4.99 Å². The number of aliphatic imine (C=N–C) groups is 1. The SMILES string of the molecule is Cc1ccc(C#CC(=NC(C)C)NC(C)C)cc1. The summed E-state index contributed by atoms with van der Waals surface area (Å²) < 4.78 is 0. The first-order valence-corrected chi connectivity index (χ1v) is 6.40. The number of nitrogens with zero attached hydrogens (tertiary/aromatic N) is 1. The molecule has 0 bridgehead atoms. The first-order chi connectivity index (χ1) is 8.47. The maximum Gasteiger partial charge on any atom is 0.174 e. The lowest BCUT2D eigenvalue weighted by Crippen LogP contribution is -2.30. The van der Waals surface area contributed by atoms with E-state index < -0.39 is 0 Å². The van der Waals surface area contributed by atoms with Crippen molar-refractivity contribution in [2.75, 3.05) is 0 Å². The van der Waals surface area contributed by atoms with Crippen molar-refractivity contribution in [1.29, 1.82) is 0 Å². The lowest BCUT2D eigenvalue weighted by Gasteiger charge is -2.09. The van der Waals surface area contributed by atoms with E-state index in [9.17, 15) is 0 Å². The van der Waals surface area contributed by atoms with Gasteiger partial charge in [0.25, 0.3) is 0 Å². The highest BCUT2D eigenvalue weighted by Gasteiger charge is 1.98. The van der Waals surface area contributed by atoms with E-state index in [0.29, 0.717) is 6.04 Å². The van der Waals surface area contributed by atoms with Crippen LogP contribution in [0.2, 0.25) is 0 Å². The summed E-state index contributed by atoms with van der Waals surface area (Å²) in [7, 11) is 0. The van der Waals surface area contributed by atoms with Gasteiger partial charge >= 0.3 is 0 Å². The standard InChI is InChI=1S/C16H22N2/c1-12(2)17-16(18-13(3)4)11-10-15-8-6-14(5)7-9-15/h6-9,12-13H,1-5H3,(H,17,18). The fourth-order valence-corrected chi connectivity index (χ4v) is 1.41. The van der Waals surface area contributed by atoms with Gasteiger partial charge in [0.2, 0.25) is 0 Å². The van der Waals surface area contributed by atoms with Crippen LogP contribution in [0.1, 0.15) is 38.8 Å². The molecule has 18 heavy (non-hydrogen) atoms. The zero-order valence-corrected chi connectivity index (χ0v) is 11.9. The van der Waals surface area contributed by atoms with E-state index in [0.717, 1.165) is 11.4 Å². The van der Waals surface area contributed by atoms with Crippen molar-refractivity contribution < 1.29 is 0 Å². The lowest BCUT2D eigenvalue weighted by molar-refractivity contribution is 0.723. The van der Waals surface area contributed by atoms with Gasteiger partial charge in [0.15, 0.2) is 5.84 Å². The molecule has 1 aromatic carbocycles. The van der Waals surface area contributed by atoms with E-state index in [-0.39, 0.29) is 6.04 Å². The Morgan fingerprint density at radius 1 is 1.11 bits per heavy atom. The Morgan fingerprint density at radius 3 is 2.22 bits per heavy atom. The molecule has 1 N–H and O–H groups in total. The van der Waals surface area contributed by atoms with Gasteiger partial charge in [0.05, 0.1) is 0 Å². The molecule has 0 atom stereocenters. The van der Waals surface area contributed by atoms with Crippen molar-refractivity contribution in [1.82, 2.24) is 5.32 Å². The average Bonchev–Trinajstić information content (AvgIpc) is 2.26. The molecule has 1 aromatic rings. The molecule has 2 heteroatoms. The molecule has 0 aliphatic heterocycles. The Hall–Kier alpha value is -1.75. The Morgan fingerprint density at radius 2 is 1.72 bits per heavy atom. The summed E-state index contributed by atoms with van der Waals surface area (Å²) in [6, 6.07) is 8.79. The minimum absolute atomic E-state index is 0.249. The molecule has 96 valence electrons. The van der Waals surface area contributed by atoms with E-state index in [1.165, 1.54) is 5.56 Å². The van der Waals surface area contributed by atoms with Gasteiger partial charge < -0.3 is 5.32 Å². The van der Waals surface area contributed by atoms with Crippen LogP contribution in [-0.2, 0) is 0 Å². The van der Waals surface area contributed by atoms with Gasteiger partial charge in [0, 0.05) is 17.6 Å². The molecule has 0 saturated heterocycles. The van der Waals surface area contributed by atoms with Crippen LogP contribution in [0.15, 0.2) is 29.3 Å². The number of hydrogen-bond acceptors (Lipinski definition) is 1. The van der Waals surface area contributed by atoms with Crippen molar-refractivity contribution in [3.63, 3.8) is 0 Å². The molecule has 0 heterocycles. The highest BCUT2D eigenvalue weighted by Crippen LogP contribution is 2.01. The molecule has 0 fully saturated rings. The smallest absolute Gasteiger partial charge is 0.174 e. The lowest BCUT2D eigenvalue weighted by atomic mass is 10.1. The van der Waals surface area contributed by atoms with Crippen LogP contribution in [0.4, 0.5) is 0 Å². The van der Waals surface area contributed by atoms with Crippen LogP contribution in [0.25, 0.3) is 0 Å². The summed E-state index contributed by atoms with van der Waals surface area (Å²) in [6.07, 6.45) is 0. The minimum atomic E-state index is 0.249. The largest absolute Gasteiger partial charge is 0.361 e. The third-order valence-electron chi connectivity index (χ3n) is 2.19. The molecule has 0 aliphatic carbocycles. The van der Waals surface area contributed by atoms with Crippen LogP contribution in [-0.4, -0.2) is 17.9 Å². The number of hydrogen-bond donors (Lipinski definition) is 1. The topological polar surface area (TPSA) is 24.4 Å². The van der Waals surface area contributed by atoms with E-state index in [1.54, 1.807) is 0 Å². The Kier molecular flexibility index (Phi) is 5.45. The van der Waals surface area contributed by atoms with Gasteiger partial charge in [-0.1, -0.05) is 23.6 Å². The normalized spacial score (nSPS) is 11.4. The van der Waals surface area contributed by atoms with E-state index in [2.05, 4.69) is 68.9 Å². The highest BCUT2D eigenvalue weighted by molar-refractivity contribution is 5.99. The van der Waals surface area contributed by atoms with Crippen molar-refractivity contribution in [3.8, 4) is 11.8 Å². The highest BCUT2D eigenvalue weighted by atomic mass is 15.0. The van der Waals surface area contributed by atoms with Crippen LogP contribution < -0.4 is 5.32 Å². The predicted molar refractivity (Wildman–Crippen MR) is 78.9 cm³/mol. The second kappa shape index (κ2) is 6.86. The molecule has 0 spiro atoms. The van der Waals surface area contributed by atoms with Gasteiger partial charge in [-0.05, 0) is 52.7 Å². The zero-order valence-electron chi connectivity index (χ0n) is 11.9. The number of benzene rings is 1. The number of amidine groups is 1. The number of nitrogens with one attached hydrogen (secondary N) is 1. The summed E-state index contributed by atoms with van der Waals surface area (Å²) in [5, 5.41) is 3.27. The van der Waals surface area contributed by atoms with Crippen LogP contribution in [0, 0.1) is 18.8 Å². The van der Waals surface area contributed by atoms with E-state index >= 15 is 0 Å². The average molecular weight is 242 g/mol. The maximum absolute atomic E-state index is 4.48. The van der Waals surface area contributed by atoms with Gasteiger partial charge in [-0.25, -0.2) is 0 Å². The van der Waals surface area contributed by atoms with Crippen molar-refractivity contribution in [2.24, 2.45) is 4.99 Å². The summed E-state index contributed by atoms with van der Waals surface area (Å²) in [5.41, 5.74) is 2.26. The molecule has 0 radical (unpaired) electrons. The monoisotopic (exact) mass is 242 g/mol. The molecule has 0 aromatic heterocycles. The molecule has 0 saturated carbocycles. The fourth-order valence-electron chi connectivity index (χ4n) is 1.41. The van der Waals surface area contributed by atoms with Crippen molar-refractivity contribution in [2.45, 2.75) is 46.7 Å². The quantitative estimate of drug-likeness (QED) is 0.481. The zero-order chi connectivity index (χ0) is 13.5. The van der Waals surface area contributed by atoms with E-state index in [1.807, 2.05) is 12.1 Å². The molecule has 2 nitrogen and oxygen atoms in total. The molecular weight excluding hydrogens is 220 g/mol. The predicted octanol–water partition coefficient (Wildman–Crippen LogP) is 3.15. The van der Waals surface area contributed by atoms with Crippen LogP contribution in [0.5, 0.6) is 0 Å². The first kappa shape index (κ1) is 14.3. The molecule has 1 rings (SSSR count). The molecule has 0 unspecified atom stereocenters. The summed E-state index contributed by atoms with van der Waals surface area (Å²) in [6.45, 7) is 10.3. The van der Waals surface area contributed by atoms with Crippen molar-refractivity contribution >= 4 is 5.84 Å². The second-order valence-corrected chi connectivity index (χ2v) is 4.99. The third kappa shape index (κ3) is 5.54. The number of aryl methyl sites for hydroxylation is 1. The fraction of sp³-hybridized carbons (Fsp3) is 0.438. The van der Waals surface area contributed by atoms with Crippen LogP contribution in [0.3, 0.4) is 0 Å². The Bertz CT molecular complexity index is 456. The van der Waals surface area contributed by atoms with Gasteiger partial charge in [-0.2, -0.15) is 0 Å². The summed E-state index contributed by atoms with van der Waals surface area (Å²) >= 11 is 0. The second-order valence-electron chi connectivity index (χ2n) is 4.99. The molecule has 0 aliphatic rings. The van der Waals surface area contributed by atoms with Crippen molar-refractivity contribution in [3.05, 3.63) is 35.4 Å². The first-order valence-electron chi connectivity index (χ1n) is 6.40. The molecule has 0 amide bonds. The number of rotatable bonds is 2.